The van der Waals surface area contributed by atoms with Gasteiger partial charge in [0.05, 0.1) is 0 Å². The first-order chi connectivity index (χ1) is 8.90. The molecule has 0 amide bonds. The first-order valence-corrected chi connectivity index (χ1v) is 6.81. The summed E-state index contributed by atoms with van der Waals surface area (Å²) in [5, 5.41) is 8.77. The molecule has 0 unspecified atom stereocenters. The number of benzene rings is 1. The van der Waals surface area contributed by atoms with Gasteiger partial charge in [0.1, 0.15) is 5.60 Å². The van der Waals surface area contributed by atoms with Crippen molar-refractivity contribution in [2.75, 3.05) is 6.61 Å². The monoisotopic (exact) mass is 264 g/mol. The predicted octanol–water partition coefficient (Wildman–Crippen LogP) is 2.89. The maximum Gasteiger partial charge on any atom is 0.306 e. The Balaban J connectivity index is 2.39. The molecule has 0 saturated carbocycles. The number of carbonyl (C=O) groups excluding carboxylic acids is 1. The van der Waals surface area contributed by atoms with Gasteiger partial charge in [0.25, 0.3) is 0 Å². The minimum Gasteiger partial charge on any atom is -0.460 e. The van der Waals surface area contributed by atoms with Crippen molar-refractivity contribution in [1.82, 2.24) is 0 Å². The molecule has 0 aliphatic heterocycles. The molecular formula is C16H24O3. The fourth-order valence-corrected chi connectivity index (χ4v) is 1.79. The number of aryl methyl sites for hydroxylation is 2. The maximum absolute atomic E-state index is 11.6. The Kier molecular flexibility index (Phi) is 6.03. The number of hydrogen-bond donors (Lipinski definition) is 1. The normalized spacial score (nSPS) is 11.4. The summed E-state index contributed by atoms with van der Waals surface area (Å²) in [6.07, 6.45) is 2.79. The van der Waals surface area contributed by atoms with E-state index in [1.54, 1.807) is 0 Å². The maximum atomic E-state index is 11.6. The van der Waals surface area contributed by atoms with E-state index in [1.165, 1.54) is 5.56 Å². The van der Waals surface area contributed by atoms with Crippen LogP contribution in [0.25, 0.3) is 0 Å². The fraction of sp³-hybridized carbons (Fsp3) is 0.562. The van der Waals surface area contributed by atoms with Gasteiger partial charge in [-0.15, -0.1) is 0 Å². The highest BCUT2D eigenvalue weighted by atomic mass is 16.6. The van der Waals surface area contributed by atoms with E-state index in [0.717, 1.165) is 18.4 Å². The first kappa shape index (κ1) is 15.7. The van der Waals surface area contributed by atoms with E-state index in [0.29, 0.717) is 12.8 Å². The molecule has 106 valence electrons. The summed E-state index contributed by atoms with van der Waals surface area (Å²) in [6.45, 7) is 5.85. The number of hydrogen-bond acceptors (Lipinski definition) is 3. The third-order valence-corrected chi connectivity index (χ3v) is 2.68. The van der Waals surface area contributed by atoms with E-state index >= 15 is 0 Å². The minimum absolute atomic E-state index is 0.156. The lowest BCUT2D eigenvalue weighted by Gasteiger charge is -2.19. The van der Waals surface area contributed by atoms with Crippen molar-refractivity contribution in [2.45, 2.75) is 52.1 Å². The van der Waals surface area contributed by atoms with Gasteiger partial charge in [-0.2, -0.15) is 0 Å². The van der Waals surface area contributed by atoms with Crippen molar-refractivity contribution >= 4 is 5.97 Å². The molecule has 0 atom stereocenters. The van der Waals surface area contributed by atoms with E-state index in [1.807, 2.05) is 32.9 Å². The molecule has 0 spiro atoms. The van der Waals surface area contributed by atoms with Crippen LogP contribution in [0.2, 0.25) is 0 Å². The molecule has 1 aromatic rings. The van der Waals surface area contributed by atoms with Crippen LogP contribution in [0.15, 0.2) is 24.3 Å². The molecule has 0 aliphatic rings. The summed E-state index contributed by atoms with van der Waals surface area (Å²) in [4.78, 5) is 11.6. The molecule has 0 fully saturated rings. The SMILES string of the molecule is CC(C)(C)OC(=O)CCc1ccc(CCCO)cc1. The van der Waals surface area contributed by atoms with Gasteiger partial charge in [0, 0.05) is 13.0 Å². The summed E-state index contributed by atoms with van der Waals surface area (Å²) in [6, 6.07) is 8.19. The zero-order chi connectivity index (χ0) is 14.3. The Hall–Kier alpha value is -1.35. The van der Waals surface area contributed by atoms with E-state index < -0.39 is 5.60 Å². The third-order valence-electron chi connectivity index (χ3n) is 2.68. The molecule has 0 aliphatic carbocycles. The Labute approximate surface area is 115 Å². The zero-order valence-electron chi connectivity index (χ0n) is 12.1. The van der Waals surface area contributed by atoms with E-state index in [4.69, 9.17) is 9.84 Å². The van der Waals surface area contributed by atoms with Crippen LogP contribution in [-0.2, 0) is 22.4 Å². The van der Waals surface area contributed by atoms with Crippen LogP contribution in [-0.4, -0.2) is 23.3 Å². The zero-order valence-corrected chi connectivity index (χ0v) is 12.1. The highest BCUT2D eigenvalue weighted by Crippen LogP contribution is 2.12. The highest BCUT2D eigenvalue weighted by Gasteiger charge is 2.15. The largest absolute Gasteiger partial charge is 0.460 e. The predicted molar refractivity (Wildman–Crippen MR) is 76.0 cm³/mol. The van der Waals surface area contributed by atoms with Crippen LogP contribution in [0.5, 0.6) is 0 Å². The number of ether oxygens (including phenoxy) is 1. The van der Waals surface area contributed by atoms with Crippen molar-refractivity contribution in [1.29, 1.82) is 0 Å². The first-order valence-electron chi connectivity index (χ1n) is 6.81. The lowest BCUT2D eigenvalue weighted by atomic mass is 10.0. The molecular weight excluding hydrogens is 240 g/mol. The summed E-state index contributed by atoms with van der Waals surface area (Å²) < 4.78 is 5.27. The average Bonchev–Trinajstić information content (AvgIpc) is 2.33. The highest BCUT2D eigenvalue weighted by molar-refractivity contribution is 5.70. The standard InChI is InChI=1S/C16H24O3/c1-16(2,3)19-15(18)11-10-14-8-6-13(7-9-14)5-4-12-17/h6-9,17H,4-5,10-12H2,1-3H3. The van der Waals surface area contributed by atoms with Crippen molar-refractivity contribution in [3.05, 3.63) is 35.4 Å². The molecule has 3 heteroatoms. The number of carbonyl (C=O) groups is 1. The Morgan fingerprint density at radius 3 is 2.11 bits per heavy atom. The van der Waals surface area contributed by atoms with Gasteiger partial charge < -0.3 is 9.84 Å². The van der Waals surface area contributed by atoms with Gasteiger partial charge in [-0.05, 0) is 51.2 Å². The van der Waals surface area contributed by atoms with Crippen LogP contribution in [0.4, 0.5) is 0 Å². The van der Waals surface area contributed by atoms with E-state index in [2.05, 4.69) is 12.1 Å². The van der Waals surface area contributed by atoms with Crippen LogP contribution >= 0.6 is 0 Å². The van der Waals surface area contributed by atoms with Crippen LogP contribution in [0.1, 0.15) is 44.7 Å². The second kappa shape index (κ2) is 7.29. The summed E-state index contributed by atoms with van der Waals surface area (Å²) in [7, 11) is 0. The molecule has 1 rings (SSSR count). The van der Waals surface area contributed by atoms with Crippen molar-refractivity contribution in [2.24, 2.45) is 0 Å². The van der Waals surface area contributed by atoms with Gasteiger partial charge in [0.2, 0.25) is 0 Å². The van der Waals surface area contributed by atoms with Gasteiger partial charge in [0.15, 0.2) is 0 Å². The number of rotatable bonds is 6. The Morgan fingerprint density at radius 2 is 1.63 bits per heavy atom. The molecule has 0 radical (unpaired) electrons. The van der Waals surface area contributed by atoms with Crippen molar-refractivity contribution in [3.63, 3.8) is 0 Å². The second-order valence-corrected chi connectivity index (χ2v) is 5.73. The lowest BCUT2D eigenvalue weighted by molar-refractivity contribution is -0.154. The molecule has 3 nitrogen and oxygen atoms in total. The number of esters is 1. The van der Waals surface area contributed by atoms with E-state index in [9.17, 15) is 4.79 Å². The van der Waals surface area contributed by atoms with Gasteiger partial charge in [-0.25, -0.2) is 0 Å². The van der Waals surface area contributed by atoms with E-state index in [-0.39, 0.29) is 12.6 Å². The summed E-state index contributed by atoms with van der Waals surface area (Å²) in [5.41, 5.74) is 1.94. The molecule has 0 bridgehead atoms. The molecule has 0 saturated heterocycles. The van der Waals surface area contributed by atoms with Crippen molar-refractivity contribution < 1.29 is 14.6 Å². The lowest BCUT2D eigenvalue weighted by Crippen LogP contribution is -2.23. The topological polar surface area (TPSA) is 46.5 Å². The van der Waals surface area contributed by atoms with Gasteiger partial charge in [-0.1, -0.05) is 24.3 Å². The molecule has 0 aromatic heterocycles. The Morgan fingerprint density at radius 1 is 1.11 bits per heavy atom. The molecule has 1 N–H and O–H groups in total. The summed E-state index contributed by atoms with van der Waals surface area (Å²) >= 11 is 0. The third kappa shape index (κ3) is 6.97. The number of aliphatic hydroxyl groups excluding tert-OH is 1. The fourth-order valence-electron chi connectivity index (χ4n) is 1.79. The molecule has 0 heterocycles. The number of aliphatic hydroxyl groups is 1. The van der Waals surface area contributed by atoms with Gasteiger partial charge >= 0.3 is 5.97 Å². The van der Waals surface area contributed by atoms with Gasteiger partial charge in [-0.3, -0.25) is 4.79 Å². The summed E-state index contributed by atoms with van der Waals surface area (Å²) in [5.74, 6) is -0.156. The van der Waals surface area contributed by atoms with Crippen LogP contribution in [0.3, 0.4) is 0 Å². The second-order valence-electron chi connectivity index (χ2n) is 5.73. The molecule has 19 heavy (non-hydrogen) atoms. The van der Waals surface area contributed by atoms with Crippen LogP contribution in [0, 0.1) is 0 Å². The molecule has 1 aromatic carbocycles. The van der Waals surface area contributed by atoms with Crippen LogP contribution < -0.4 is 0 Å². The minimum atomic E-state index is -0.411. The Bertz CT molecular complexity index is 387. The quantitative estimate of drug-likeness (QED) is 0.804. The average molecular weight is 264 g/mol. The van der Waals surface area contributed by atoms with Crippen molar-refractivity contribution in [3.8, 4) is 0 Å². The smallest absolute Gasteiger partial charge is 0.306 e.